The van der Waals surface area contributed by atoms with Gasteiger partial charge in [0.15, 0.2) is 0 Å². The third-order valence-corrected chi connectivity index (χ3v) is 10.1. The number of benzene rings is 3. The molecule has 0 amide bonds. The van der Waals surface area contributed by atoms with Crippen LogP contribution in [-0.2, 0) is 19.6 Å². The smallest absolute Gasteiger partial charge is 0.261 e. The number of nitrogen functional groups attached to an aromatic ring is 3. The Kier molecular flexibility index (Phi) is 13.7. The highest BCUT2D eigenvalue weighted by Crippen LogP contribution is 2.28. The standard InChI is InChI=1S/2C14H23N3.C12H16F2N2/c1-10-4-5-14(15)6-13(10)9-17-8-11(2)16-7-12(17)3;1-11-4-5-13(15)8-12(11)9-17-7-6-16-14(2,3)10-17;1-9-2-3-11(15)6-10(9)7-16-5-4-12(13,14)8-16/h4-6,11-12,16H,7-9,15H2,1-3H3;4-5,8,16H,6-7,9-10,15H2,1-3H3;2-3,6H,4-5,7-8,15H2,1H3/t11-,12+;;/m0../s1. The molecule has 8 nitrogen and oxygen atoms in total. The van der Waals surface area contributed by atoms with Gasteiger partial charge in [0.25, 0.3) is 5.92 Å². The molecule has 0 saturated carbocycles. The zero-order chi connectivity index (χ0) is 36.6. The monoisotopic (exact) mass is 693 g/mol. The number of alkyl halides is 2. The first-order valence-corrected chi connectivity index (χ1v) is 18.1. The molecule has 2 atom stereocenters. The minimum Gasteiger partial charge on any atom is -0.399 e. The van der Waals surface area contributed by atoms with E-state index < -0.39 is 5.92 Å². The Morgan fingerprint density at radius 1 is 0.720 bits per heavy atom. The topological polar surface area (TPSA) is 112 Å². The van der Waals surface area contributed by atoms with Gasteiger partial charge in [-0.15, -0.1) is 0 Å². The summed E-state index contributed by atoms with van der Waals surface area (Å²) in [4.78, 5) is 6.81. The number of piperazine rings is 2. The number of halogens is 2. The van der Waals surface area contributed by atoms with Crippen molar-refractivity contribution < 1.29 is 8.78 Å². The molecule has 0 radical (unpaired) electrons. The van der Waals surface area contributed by atoms with Crippen LogP contribution in [0.2, 0.25) is 0 Å². The van der Waals surface area contributed by atoms with E-state index in [1.54, 1.807) is 4.90 Å². The fraction of sp³-hybridized carbons (Fsp3) is 0.550. The number of anilines is 3. The summed E-state index contributed by atoms with van der Waals surface area (Å²) >= 11 is 0. The van der Waals surface area contributed by atoms with E-state index in [0.717, 1.165) is 68.3 Å². The van der Waals surface area contributed by atoms with Gasteiger partial charge >= 0.3 is 0 Å². The SMILES string of the molecule is Cc1ccc(N)cc1CN1CCC(F)(F)C1.Cc1ccc(N)cc1CN1CCNC(C)(C)C1.Cc1ccc(N)cc1CN1C[C@H](C)NC[C@H]1C. The predicted octanol–water partition coefficient (Wildman–Crippen LogP) is 5.94. The number of hydrogen-bond acceptors (Lipinski definition) is 8. The van der Waals surface area contributed by atoms with Crippen molar-refractivity contribution in [2.24, 2.45) is 0 Å². The average molecular weight is 693 g/mol. The van der Waals surface area contributed by atoms with Crippen LogP contribution in [0.5, 0.6) is 0 Å². The maximum absolute atomic E-state index is 13.0. The second-order valence-corrected chi connectivity index (χ2v) is 15.5. The lowest BCUT2D eigenvalue weighted by Gasteiger charge is -2.39. The van der Waals surface area contributed by atoms with Crippen LogP contribution in [0.1, 0.15) is 67.5 Å². The van der Waals surface area contributed by atoms with E-state index in [9.17, 15) is 8.78 Å². The van der Waals surface area contributed by atoms with Gasteiger partial charge in [-0.3, -0.25) is 14.7 Å². The van der Waals surface area contributed by atoms with Crippen molar-refractivity contribution >= 4 is 17.1 Å². The fourth-order valence-electron chi connectivity index (χ4n) is 6.93. The van der Waals surface area contributed by atoms with Crippen LogP contribution < -0.4 is 27.8 Å². The molecule has 3 heterocycles. The third kappa shape index (κ3) is 12.2. The van der Waals surface area contributed by atoms with Crippen LogP contribution in [0.4, 0.5) is 25.8 Å². The largest absolute Gasteiger partial charge is 0.399 e. The summed E-state index contributed by atoms with van der Waals surface area (Å²) in [5.41, 5.74) is 27.5. The Bertz CT molecular complexity index is 1540. The highest BCUT2D eigenvalue weighted by molar-refractivity contribution is 5.46. The second-order valence-electron chi connectivity index (χ2n) is 15.5. The van der Waals surface area contributed by atoms with Crippen LogP contribution >= 0.6 is 0 Å². The van der Waals surface area contributed by atoms with Crippen LogP contribution in [0.3, 0.4) is 0 Å². The van der Waals surface area contributed by atoms with Crippen LogP contribution in [-0.4, -0.2) is 84.1 Å². The lowest BCUT2D eigenvalue weighted by atomic mass is 10.0. The van der Waals surface area contributed by atoms with Gasteiger partial charge in [-0.1, -0.05) is 18.2 Å². The number of aryl methyl sites for hydroxylation is 3. The minimum atomic E-state index is -2.52. The van der Waals surface area contributed by atoms with E-state index in [4.69, 9.17) is 17.2 Å². The number of nitrogens with two attached hydrogens (primary N) is 3. The van der Waals surface area contributed by atoms with Crippen LogP contribution in [0.15, 0.2) is 54.6 Å². The summed E-state index contributed by atoms with van der Waals surface area (Å²) in [6.45, 7) is 23.6. The summed E-state index contributed by atoms with van der Waals surface area (Å²) in [5.74, 6) is -2.52. The number of nitrogens with zero attached hydrogens (tertiary/aromatic N) is 3. The first-order chi connectivity index (χ1) is 23.5. The van der Waals surface area contributed by atoms with Crippen molar-refractivity contribution in [1.29, 1.82) is 0 Å². The van der Waals surface area contributed by atoms with Crippen LogP contribution in [0.25, 0.3) is 0 Å². The van der Waals surface area contributed by atoms with E-state index in [1.165, 1.54) is 22.3 Å². The molecular formula is C40H62F2N8. The molecule has 3 saturated heterocycles. The van der Waals surface area contributed by atoms with Crippen molar-refractivity contribution in [3.05, 3.63) is 88.0 Å². The molecule has 3 aliphatic heterocycles. The zero-order valence-corrected chi connectivity index (χ0v) is 31.5. The first-order valence-electron chi connectivity index (χ1n) is 18.1. The van der Waals surface area contributed by atoms with Gasteiger partial charge in [0, 0.05) is 100 Å². The van der Waals surface area contributed by atoms with E-state index >= 15 is 0 Å². The van der Waals surface area contributed by atoms with Crippen molar-refractivity contribution in [1.82, 2.24) is 25.3 Å². The molecule has 3 aromatic carbocycles. The molecule has 10 heteroatoms. The van der Waals surface area contributed by atoms with Gasteiger partial charge in [-0.25, -0.2) is 8.78 Å². The summed E-state index contributed by atoms with van der Waals surface area (Å²) < 4.78 is 26.0. The predicted molar refractivity (Wildman–Crippen MR) is 206 cm³/mol. The van der Waals surface area contributed by atoms with E-state index in [2.05, 4.69) is 86.2 Å². The summed E-state index contributed by atoms with van der Waals surface area (Å²) in [5, 5.41) is 7.04. The van der Waals surface area contributed by atoms with Gasteiger partial charge in [-0.2, -0.15) is 0 Å². The molecule has 0 unspecified atom stereocenters. The molecule has 6 rings (SSSR count). The Labute approximate surface area is 299 Å². The number of likely N-dealkylation sites (tertiary alicyclic amines) is 1. The lowest BCUT2D eigenvalue weighted by molar-refractivity contribution is 0.0115. The molecule has 0 aliphatic carbocycles. The highest BCUT2D eigenvalue weighted by atomic mass is 19.3. The van der Waals surface area contributed by atoms with E-state index in [0.29, 0.717) is 30.9 Å². The Morgan fingerprint density at radius 2 is 1.20 bits per heavy atom. The number of nitrogens with one attached hydrogen (secondary N) is 2. The average Bonchev–Trinajstić information content (AvgIpc) is 3.38. The first kappa shape index (κ1) is 39.5. The maximum atomic E-state index is 13.0. The molecule has 8 N–H and O–H groups in total. The van der Waals surface area contributed by atoms with E-state index in [-0.39, 0.29) is 18.5 Å². The molecule has 0 aromatic heterocycles. The van der Waals surface area contributed by atoms with E-state index in [1.807, 2.05) is 37.3 Å². The highest BCUT2D eigenvalue weighted by Gasteiger charge is 2.38. The van der Waals surface area contributed by atoms with Crippen LogP contribution in [0, 0.1) is 20.8 Å². The minimum absolute atomic E-state index is 0.0334. The molecule has 3 fully saturated rings. The summed E-state index contributed by atoms with van der Waals surface area (Å²) in [6.07, 6.45) is -0.0334. The quantitative estimate of drug-likeness (QED) is 0.202. The third-order valence-electron chi connectivity index (χ3n) is 10.1. The fourth-order valence-corrected chi connectivity index (χ4v) is 6.93. The molecule has 0 bridgehead atoms. The molecule has 3 aromatic rings. The number of rotatable bonds is 6. The van der Waals surface area contributed by atoms with Crippen molar-refractivity contribution in [2.75, 3.05) is 63.0 Å². The van der Waals surface area contributed by atoms with Gasteiger partial charge in [0.1, 0.15) is 0 Å². The van der Waals surface area contributed by atoms with Gasteiger partial charge in [0.2, 0.25) is 0 Å². The second kappa shape index (κ2) is 17.3. The normalized spacial score (nSPS) is 22.3. The Balaban J connectivity index is 0.000000169. The van der Waals surface area contributed by atoms with Gasteiger partial charge < -0.3 is 27.8 Å². The number of hydrogen-bond donors (Lipinski definition) is 5. The van der Waals surface area contributed by atoms with Crippen molar-refractivity contribution in [3.63, 3.8) is 0 Å². The lowest BCUT2D eigenvalue weighted by Crippen LogP contribution is -2.56. The zero-order valence-electron chi connectivity index (χ0n) is 31.5. The molecule has 3 aliphatic rings. The van der Waals surface area contributed by atoms with Crippen molar-refractivity contribution in [3.8, 4) is 0 Å². The maximum Gasteiger partial charge on any atom is 0.261 e. The Morgan fingerprint density at radius 3 is 1.66 bits per heavy atom. The summed E-state index contributed by atoms with van der Waals surface area (Å²) in [7, 11) is 0. The molecule has 50 heavy (non-hydrogen) atoms. The molecule has 276 valence electrons. The molecular weight excluding hydrogens is 630 g/mol. The molecule has 0 spiro atoms. The Hall–Kier alpha value is -3.28. The summed E-state index contributed by atoms with van der Waals surface area (Å²) in [6, 6.07) is 19.2. The van der Waals surface area contributed by atoms with Gasteiger partial charge in [-0.05, 0) is 118 Å². The van der Waals surface area contributed by atoms with Gasteiger partial charge in [0.05, 0.1) is 6.54 Å². The van der Waals surface area contributed by atoms with Crippen molar-refractivity contribution in [2.45, 2.75) is 98.1 Å².